The first-order valence-corrected chi connectivity index (χ1v) is 6.84. The summed E-state index contributed by atoms with van der Waals surface area (Å²) >= 11 is 0. The quantitative estimate of drug-likeness (QED) is 0.445. The van der Waals surface area contributed by atoms with E-state index >= 15 is 0 Å². The van der Waals surface area contributed by atoms with Crippen molar-refractivity contribution in [2.75, 3.05) is 0 Å². The summed E-state index contributed by atoms with van der Waals surface area (Å²) in [6.45, 7) is 2.22. The summed E-state index contributed by atoms with van der Waals surface area (Å²) in [7, 11) is 0. The van der Waals surface area contributed by atoms with Crippen molar-refractivity contribution in [3.8, 4) is 5.92 Å². The maximum absolute atomic E-state index is 6.82. The third-order valence-electron chi connectivity index (χ3n) is 3.08. The van der Waals surface area contributed by atoms with E-state index in [0.717, 1.165) is 12.8 Å². The molecule has 0 aliphatic carbocycles. The molecule has 0 N–H and O–H groups in total. The van der Waals surface area contributed by atoms with Crippen LogP contribution in [-0.2, 0) is 12.8 Å². The van der Waals surface area contributed by atoms with E-state index in [9.17, 15) is 0 Å². The molecule has 1 aromatic carbocycles. The van der Waals surface area contributed by atoms with E-state index in [1.165, 1.54) is 49.7 Å². The monoisotopic (exact) mass is 227 g/mol. The predicted octanol–water partition coefficient (Wildman–Crippen LogP) is 4.72. The predicted molar refractivity (Wildman–Crippen MR) is 74.4 cm³/mol. The van der Waals surface area contributed by atoms with Crippen LogP contribution in [-0.4, -0.2) is 0 Å². The van der Waals surface area contributed by atoms with E-state index in [1.807, 2.05) is 0 Å². The molecular weight excluding hydrogens is 204 g/mol. The highest BCUT2D eigenvalue weighted by Gasteiger charge is 1.95. The van der Waals surface area contributed by atoms with Crippen molar-refractivity contribution >= 4 is 0 Å². The van der Waals surface area contributed by atoms with Crippen LogP contribution >= 0.6 is 0 Å². The molecule has 17 heavy (non-hydrogen) atoms. The number of hydrogen-bond donors (Lipinski definition) is 0. The van der Waals surface area contributed by atoms with Gasteiger partial charge in [0.1, 0.15) is 0 Å². The van der Waals surface area contributed by atoms with Gasteiger partial charge < -0.3 is 0 Å². The van der Waals surface area contributed by atoms with Crippen LogP contribution < -0.4 is 0 Å². The Balaban J connectivity index is 2.16. The van der Waals surface area contributed by atoms with Gasteiger partial charge in [0.25, 0.3) is 0 Å². The SMILES string of the molecule is [C]#CCCCCCCc1ccc(CCC)cc1. The smallest absolute Gasteiger partial charge is 0.00989 e. The summed E-state index contributed by atoms with van der Waals surface area (Å²) in [4.78, 5) is 0. The lowest BCUT2D eigenvalue weighted by atomic mass is 10.0. The molecule has 0 aliphatic rings. The van der Waals surface area contributed by atoms with Gasteiger partial charge >= 0.3 is 0 Å². The summed E-state index contributed by atoms with van der Waals surface area (Å²) in [5.74, 6) is 2.44. The van der Waals surface area contributed by atoms with Crippen molar-refractivity contribution in [1.29, 1.82) is 0 Å². The van der Waals surface area contributed by atoms with Crippen molar-refractivity contribution in [3.63, 3.8) is 0 Å². The molecule has 0 unspecified atom stereocenters. The molecule has 0 heteroatoms. The molecule has 0 saturated carbocycles. The summed E-state index contributed by atoms with van der Waals surface area (Å²) in [5, 5.41) is 0. The van der Waals surface area contributed by atoms with Crippen molar-refractivity contribution in [3.05, 3.63) is 41.8 Å². The highest BCUT2D eigenvalue weighted by molar-refractivity contribution is 5.22. The van der Waals surface area contributed by atoms with Crippen molar-refractivity contribution in [2.24, 2.45) is 0 Å². The van der Waals surface area contributed by atoms with Gasteiger partial charge in [0.15, 0.2) is 0 Å². The summed E-state index contributed by atoms with van der Waals surface area (Å²) in [6.07, 6.45) is 16.2. The lowest BCUT2D eigenvalue weighted by molar-refractivity contribution is 0.650. The average Bonchev–Trinajstić information content (AvgIpc) is 2.36. The minimum absolute atomic E-state index is 0.825. The van der Waals surface area contributed by atoms with Crippen molar-refractivity contribution in [2.45, 2.75) is 58.3 Å². The van der Waals surface area contributed by atoms with Crippen LogP contribution in [0, 0.1) is 12.3 Å². The Hall–Kier alpha value is -1.22. The van der Waals surface area contributed by atoms with Gasteiger partial charge in [-0.3, -0.25) is 0 Å². The molecule has 0 fully saturated rings. The molecular formula is C17H23. The van der Waals surface area contributed by atoms with E-state index in [0.29, 0.717) is 0 Å². The second-order valence-corrected chi connectivity index (χ2v) is 4.66. The maximum atomic E-state index is 6.82. The third kappa shape index (κ3) is 6.17. The first-order valence-electron chi connectivity index (χ1n) is 6.84. The Morgan fingerprint density at radius 1 is 0.882 bits per heavy atom. The number of rotatable bonds is 8. The van der Waals surface area contributed by atoms with Crippen LogP contribution in [0.15, 0.2) is 24.3 Å². The minimum atomic E-state index is 0.825. The Morgan fingerprint density at radius 3 is 2.06 bits per heavy atom. The first-order chi connectivity index (χ1) is 8.36. The molecule has 0 spiro atoms. The zero-order valence-corrected chi connectivity index (χ0v) is 11.0. The normalized spacial score (nSPS) is 10.1. The molecule has 0 atom stereocenters. The first kappa shape index (κ1) is 13.8. The number of hydrogen-bond acceptors (Lipinski definition) is 0. The van der Waals surface area contributed by atoms with Crippen LogP contribution in [0.2, 0.25) is 0 Å². The summed E-state index contributed by atoms with van der Waals surface area (Å²) in [6, 6.07) is 9.08. The van der Waals surface area contributed by atoms with Gasteiger partial charge in [0.05, 0.1) is 0 Å². The van der Waals surface area contributed by atoms with Gasteiger partial charge in [0.2, 0.25) is 0 Å². The Morgan fingerprint density at radius 2 is 1.47 bits per heavy atom. The topological polar surface area (TPSA) is 0 Å². The van der Waals surface area contributed by atoms with Gasteiger partial charge in [0, 0.05) is 6.42 Å². The summed E-state index contributed by atoms with van der Waals surface area (Å²) < 4.78 is 0. The van der Waals surface area contributed by atoms with Gasteiger partial charge in [-0.05, 0) is 43.2 Å². The minimum Gasteiger partial charge on any atom is -0.0891 e. The van der Waals surface area contributed by atoms with Crippen LogP contribution in [0.3, 0.4) is 0 Å². The Labute approximate surface area is 106 Å². The van der Waals surface area contributed by atoms with Crippen molar-refractivity contribution < 1.29 is 0 Å². The van der Waals surface area contributed by atoms with E-state index in [4.69, 9.17) is 6.42 Å². The number of unbranched alkanes of at least 4 members (excludes halogenated alkanes) is 4. The fourth-order valence-corrected chi connectivity index (χ4v) is 2.06. The highest BCUT2D eigenvalue weighted by Crippen LogP contribution is 2.11. The molecule has 91 valence electrons. The van der Waals surface area contributed by atoms with Crippen LogP contribution in [0.1, 0.15) is 56.6 Å². The third-order valence-corrected chi connectivity index (χ3v) is 3.08. The van der Waals surface area contributed by atoms with Gasteiger partial charge in [-0.2, -0.15) is 0 Å². The van der Waals surface area contributed by atoms with E-state index in [2.05, 4.69) is 37.1 Å². The molecule has 1 rings (SSSR count). The Bertz CT molecular complexity index is 326. The molecule has 0 amide bonds. The maximum Gasteiger partial charge on any atom is 0.00989 e. The fourth-order valence-electron chi connectivity index (χ4n) is 2.06. The van der Waals surface area contributed by atoms with Crippen LogP contribution in [0.4, 0.5) is 0 Å². The van der Waals surface area contributed by atoms with E-state index in [1.54, 1.807) is 0 Å². The average molecular weight is 227 g/mol. The molecule has 1 aromatic rings. The van der Waals surface area contributed by atoms with Crippen LogP contribution in [0.5, 0.6) is 0 Å². The molecule has 1 radical (unpaired) electrons. The Kier molecular flexibility index (Phi) is 7.23. The van der Waals surface area contributed by atoms with Gasteiger partial charge in [-0.1, -0.05) is 56.4 Å². The molecule has 0 aliphatic heterocycles. The molecule has 0 nitrogen and oxygen atoms in total. The molecule has 0 aromatic heterocycles. The second kappa shape index (κ2) is 8.88. The van der Waals surface area contributed by atoms with Gasteiger partial charge in [-0.15, -0.1) is 0 Å². The standard InChI is InChI=1S/C17H23/c1-3-5-6-7-8-9-11-17-14-12-16(10-4-2)13-15-17/h12-15H,4-11H2,2H3. The molecule has 0 bridgehead atoms. The number of aryl methyl sites for hydroxylation is 2. The zero-order valence-electron chi connectivity index (χ0n) is 11.0. The lowest BCUT2D eigenvalue weighted by Crippen LogP contribution is -1.88. The summed E-state index contributed by atoms with van der Waals surface area (Å²) in [5.41, 5.74) is 2.92. The second-order valence-electron chi connectivity index (χ2n) is 4.66. The number of benzene rings is 1. The van der Waals surface area contributed by atoms with Crippen molar-refractivity contribution in [1.82, 2.24) is 0 Å². The van der Waals surface area contributed by atoms with E-state index < -0.39 is 0 Å². The molecule has 0 heterocycles. The molecule has 0 saturated heterocycles. The lowest BCUT2D eigenvalue weighted by Gasteiger charge is -2.03. The largest absolute Gasteiger partial charge is 0.0891 e. The highest BCUT2D eigenvalue weighted by atomic mass is 14.0. The fraction of sp³-hybridized carbons (Fsp3) is 0.529. The van der Waals surface area contributed by atoms with Crippen LogP contribution in [0.25, 0.3) is 0 Å². The van der Waals surface area contributed by atoms with Gasteiger partial charge in [-0.25, -0.2) is 0 Å². The zero-order chi connectivity index (χ0) is 12.3. The van der Waals surface area contributed by atoms with E-state index in [-0.39, 0.29) is 0 Å².